The molecule has 0 aromatic heterocycles. The Labute approximate surface area is 201 Å². The smallest absolute Gasteiger partial charge is 0.409 e. The second-order valence-electron chi connectivity index (χ2n) is 7.91. The molecule has 0 bridgehead atoms. The summed E-state index contributed by atoms with van der Waals surface area (Å²) in [7, 11) is -1.59. The Morgan fingerprint density at radius 2 is 1.76 bits per heavy atom. The van der Waals surface area contributed by atoms with Gasteiger partial charge < -0.3 is 26.0 Å². The van der Waals surface area contributed by atoms with Gasteiger partial charge >= 0.3 is 6.09 Å². The maximum Gasteiger partial charge on any atom is 0.409 e. The van der Waals surface area contributed by atoms with E-state index in [0.717, 1.165) is 10.8 Å². The number of carbonyl (C=O) groups excluding carboxylic acids is 2. The van der Waals surface area contributed by atoms with Crippen LogP contribution in [0.1, 0.15) is 19.8 Å². The first-order valence-electron chi connectivity index (χ1n) is 11.3. The third-order valence-electron chi connectivity index (χ3n) is 5.55. The van der Waals surface area contributed by atoms with Crippen molar-refractivity contribution >= 4 is 39.7 Å². The highest BCUT2D eigenvalue weighted by atomic mass is 32.2. The van der Waals surface area contributed by atoms with E-state index in [4.69, 9.17) is 16.2 Å². The number of amides is 2. The van der Waals surface area contributed by atoms with Crippen molar-refractivity contribution in [1.82, 2.24) is 14.5 Å². The fourth-order valence-electron chi connectivity index (χ4n) is 3.76. The predicted octanol–water partition coefficient (Wildman–Crippen LogP) is 1.17. The Hall–Kier alpha value is -3.18. The molecule has 0 spiro atoms. The van der Waals surface area contributed by atoms with E-state index in [2.05, 4.69) is 9.71 Å². The predicted molar refractivity (Wildman–Crippen MR) is 132 cm³/mol. The molecule has 2 aromatic carbocycles. The number of nitrogens with one attached hydrogen (secondary N) is 1. The SMILES string of the molecule is CCOC(=O)N1CCN(C(=O)C(CCCN=C(N)N)NS(=O)c2ccc3ccccc3c2)CC1. The minimum atomic E-state index is -1.59. The summed E-state index contributed by atoms with van der Waals surface area (Å²) in [6, 6.07) is 12.7. The minimum Gasteiger partial charge on any atom is -0.450 e. The van der Waals surface area contributed by atoms with Crippen LogP contribution in [0, 0.1) is 0 Å². The number of piperazine rings is 1. The number of benzene rings is 2. The number of guanidine groups is 1. The van der Waals surface area contributed by atoms with Gasteiger partial charge in [0.2, 0.25) is 5.91 Å². The molecule has 11 heteroatoms. The van der Waals surface area contributed by atoms with Gasteiger partial charge in [0, 0.05) is 32.7 Å². The first-order chi connectivity index (χ1) is 16.4. The topological polar surface area (TPSA) is 143 Å². The van der Waals surface area contributed by atoms with E-state index in [1.807, 2.05) is 36.4 Å². The normalized spacial score (nSPS) is 15.6. The Bertz CT molecular complexity index is 1050. The zero-order valence-electron chi connectivity index (χ0n) is 19.3. The van der Waals surface area contributed by atoms with Crippen LogP contribution in [0.2, 0.25) is 0 Å². The molecule has 10 nitrogen and oxygen atoms in total. The molecule has 3 rings (SSSR count). The van der Waals surface area contributed by atoms with Crippen LogP contribution in [0.15, 0.2) is 52.4 Å². The van der Waals surface area contributed by atoms with Gasteiger partial charge in [-0.15, -0.1) is 0 Å². The number of ether oxygens (including phenoxy) is 1. The lowest BCUT2D eigenvalue weighted by atomic mass is 10.1. The van der Waals surface area contributed by atoms with E-state index in [1.165, 1.54) is 0 Å². The summed E-state index contributed by atoms with van der Waals surface area (Å²) >= 11 is 0. The molecule has 2 atom stereocenters. The van der Waals surface area contributed by atoms with E-state index in [0.29, 0.717) is 57.1 Å². The van der Waals surface area contributed by atoms with E-state index >= 15 is 0 Å². The van der Waals surface area contributed by atoms with Gasteiger partial charge in [0.05, 0.1) is 17.5 Å². The Morgan fingerprint density at radius 3 is 2.44 bits per heavy atom. The summed E-state index contributed by atoms with van der Waals surface area (Å²) in [5.74, 6) is -0.173. The second kappa shape index (κ2) is 12.3. The summed E-state index contributed by atoms with van der Waals surface area (Å²) in [4.78, 5) is 33.1. The monoisotopic (exact) mass is 488 g/mol. The molecule has 1 aliphatic rings. The maximum absolute atomic E-state index is 13.3. The van der Waals surface area contributed by atoms with Gasteiger partial charge in [-0.05, 0) is 42.7 Å². The van der Waals surface area contributed by atoms with Crippen LogP contribution >= 0.6 is 0 Å². The largest absolute Gasteiger partial charge is 0.450 e. The Balaban J connectivity index is 1.68. The lowest BCUT2D eigenvalue weighted by molar-refractivity contribution is -0.134. The summed E-state index contributed by atoms with van der Waals surface area (Å²) in [5.41, 5.74) is 10.8. The first kappa shape index (κ1) is 25.4. The van der Waals surface area contributed by atoms with Crippen molar-refractivity contribution in [2.45, 2.75) is 30.7 Å². The maximum atomic E-state index is 13.3. The van der Waals surface area contributed by atoms with Crippen molar-refractivity contribution in [3.63, 3.8) is 0 Å². The molecule has 34 heavy (non-hydrogen) atoms. The molecule has 2 aromatic rings. The molecule has 0 saturated carbocycles. The van der Waals surface area contributed by atoms with Crippen molar-refractivity contribution in [3.8, 4) is 0 Å². The second-order valence-corrected chi connectivity index (χ2v) is 9.15. The molecular weight excluding hydrogens is 456 g/mol. The quantitative estimate of drug-likeness (QED) is 0.275. The number of rotatable bonds is 9. The fourth-order valence-corrected chi connectivity index (χ4v) is 4.80. The first-order valence-corrected chi connectivity index (χ1v) is 12.5. The van der Waals surface area contributed by atoms with Crippen molar-refractivity contribution < 1.29 is 18.5 Å². The van der Waals surface area contributed by atoms with E-state index in [9.17, 15) is 13.8 Å². The van der Waals surface area contributed by atoms with Crippen molar-refractivity contribution in [2.24, 2.45) is 16.5 Å². The number of nitrogens with zero attached hydrogens (tertiary/aromatic N) is 3. The molecular formula is C23H32N6O4S. The van der Waals surface area contributed by atoms with Crippen LogP contribution in [-0.4, -0.2) is 77.3 Å². The Kier molecular flexibility index (Phi) is 9.23. The van der Waals surface area contributed by atoms with Gasteiger partial charge in [-0.3, -0.25) is 9.79 Å². The van der Waals surface area contributed by atoms with Crippen molar-refractivity contribution in [3.05, 3.63) is 42.5 Å². The lowest BCUT2D eigenvalue weighted by Gasteiger charge is -2.35. The molecule has 184 valence electrons. The third kappa shape index (κ3) is 6.91. The van der Waals surface area contributed by atoms with E-state index in [1.54, 1.807) is 22.8 Å². The average Bonchev–Trinajstić information content (AvgIpc) is 2.85. The van der Waals surface area contributed by atoms with E-state index < -0.39 is 17.0 Å². The van der Waals surface area contributed by atoms with Crippen LogP contribution in [0.5, 0.6) is 0 Å². The third-order valence-corrected chi connectivity index (χ3v) is 6.73. The number of hydrogen-bond donors (Lipinski definition) is 3. The molecule has 0 aliphatic carbocycles. The van der Waals surface area contributed by atoms with Crippen molar-refractivity contribution in [1.29, 1.82) is 0 Å². The minimum absolute atomic E-state index is 0.00865. The molecule has 0 radical (unpaired) electrons. The van der Waals surface area contributed by atoms with Gasteiger partial charge in [-0.25, -0.2) is 13.7 Å². The van der Waals surface area contributed by atoms with Crippen LogP contribution in [-0.2, 0) is 20.5 Å². The summed E-state index contributed by atoms with van der Waals surface area (Å²) in [5, 5.41) is 2.02. The van der Waals surface area contributed by atoms with Gasteiger partial charge in [-0.1, -0.05) is 30.3 Å². The average molecular weight is 489 g/mol. The van der Waals surface area contributed by atoms with Crippen LogP contribution in [0.4, 0.5) is 4.79 Å². The summed E-state index contributed by atoms with van der Waals surface area (Å²) < 4.78 is 21.2. The van der Waals surface area contributed by atoms with Crippen molar-refractivity contribution in [2.75, 3.05) is 39.3 Å². The summed E-state index contributed by atoms with van der Waals surface area (Å²) in [6.07, 6.45) is 0.574. The lowest BCUT2D eigenvalue weighted by Crippen LogP contribution is -2.55. The molecule has 5 N–H and O–H groups in total. The molecule has 1 saturated heterocycles. The summed E-state index contributed by atoms with van der Waals surface area (Å²) in [6.45, 7) is 3.97. The highest BCUT2D eigenvalue weighted by Crippen LogP contribution is 2.18. The zero-order valence-corrected chi connectivity index (χ0v) is 20.1. The van der Waals surface area contributed by atoms with E-state index in [-0.39, 0.29) is 18.0 Å². The standard InChI is InChI=1S/C23H32N6O4S/c1-2-33-23(31)29-14-12-28(13-15-29)21(30)20(8-5-11-26-22(24)25)27-34(32)19-10-9-17-6-3-4-7-18(17)16-19/h3-4,6-7,9-10,16,20,27H,2,5,8,11-15H2,1H3,(H4,24,25,26). The number of nitrogens with two attached hydrogens (primary N) is 2. The fraction of sp³-hybridized carbons (Fsp3) is 0.435. The molecule has 1 fully saturated rings. The number of hydrogen-bond acceptors (Lipinski definition) is 5. The Morgan fingerprint density at radius 1 is 1.09 bits per heavy atom. The highest BCUT2D eigenvalue weighted by molar-refractivity contribution is 7.83. The van der Waals surface area contributed by atoms with Crippen LogP contribution < -0.4 is 16.2 Å². The van der Waals surface area contributed by atoms with Gasteiger partial charge in [-0.2, -0.15) is 0 Å². The van der Waals surface area contributed by atoms with Crippen LogP contribution in [0.25, 0.3) is 10.8 Å². The molecule has 1 heterocycles. The van der Waals surface area contributed by atoms with Gasteiger partial charge in [0.15, 0.2) is 5.96 Å². The van der Waals surface area contributed by atoms with Crippen LogP contribution in [0.3, 0.4) is 0 Å². The molecule has 2 unspecified atom stereocenters. The number of carbonyl (C=O) groups is 2. The van der Waals surface area contributed by atoms with Gasteiger partial charge in [0.25, 0.3) is 0 Å². The van der Waals surface area contributed by atoms with Gasteiger partial charge in [0.1, 0.15) is 11.0 Å². The molecule has 2 amide bonds. The number of fused-ring (bicyclic) bond motifs is 1. The molecule has 1 aliphatic heterocycles. The number of aliphatic imine (C=N–C) groups is 1. The highest BCUT2D eigenvalue weighted by Gasteiger charge is 2.30. The zero-order chi connectivity index (χ0) is 24.5.